The molecular formula is C16H23ClN4. The standard InChI is InChI=1S/C16H23ClN4/c1-12(2)9-21(10-16-19-18-11-20(16)4)13(3)14-7-5-6-8-15(14)17/h5-8,11-13H,9-10H2,1-4H3. The fourth-order valence-corrected chi connectivity index (χ4v) is 2.76. The molecule has 0 aliphatic carbocycles. The molecular weight excluding hydrogens is 284 g/mol. The number of rotatable bonds is 6. The Labute approximate surface area is 131 Å². The van der Waals surface area contributed by atoms with Gasteiger partial charge in [-0.25, -0.2) is 0 Å². The number of benzene rings is 1. The van der Waals surface area contributed by atoms with Gasteiger partial charge in [0.15, 0.2) is 0 Å². The lowest BCUT2D eigenvalue weighted by Gasteiger charge is -2.31. The number of nitrogens with zero attached hydrogens (tertiary/aromatic N) is 4. The minimum Gasteiger partial charge on any atom is -0.320 e. The zero-order valence-electron chi connectivity index (χ0n) is 13.1. The van der Waals surface area contributed by atoms with Gasteiger partial charge in [0.25, 0.3) is 0 Å². The molecule has 2 aromatic rings. The van der Waals surface area contributed by atoms with Crippen LogP contribution in [0.5, 0.6) is 0 Å². The monoisotopic (exact) mass is 306 g/mol. The van der Waals surface area contributed by atoms with Gasteiger partial charge in [-0.1, -0.05) is 43.6 Å². The maximum absolute atomic E-state index is 6.35. The third kappa shape index (κ3) is 4.05. The third-order valence-electron chi connectivity index (χ3n) is 3.65. The highest BCUT2D eigenvalue weighted by Crippen LogP contribution is 2.28. The highest BCUT2D eigenvalue weighted by molar-refractivity contribution is 6.31. The molecule has 0 aliphatic heterocycles. The van der Waals surface area contributed by atoms with Crippen molar-refractivity contribution in [1.82, 2.24) is 19.7 Å². The quantitative estimate of drug-likeness (QED) is 0.816. The van der Waals surface area contributed by atoms with Crippen LogP contribution in [-0.2, 0) is 13.6 Å². The third-order valence-corrected chi connectivity index (χ3v) is 4.00. The highest BCUT2D eigenvalue weighted by atomic mass is 35.5. The van der Waals surface area contributed by atoms with Crippen LogP contribution < -0.4 is 0 Å². The van der Waals surface area contributed by atoms with Crippen LogP contribution in [0.3, 0.4) is 0 Å². The smallest absolute Gasteiger partial charge is 0.146 e. The molecule has 0 fully saturated rings. The van der Waals surface area contributed by atoms with Crippen molar-refractivity contribution >= 4 is 11.6 Å². The molecule has 1 aromatic heterocycles. The van der Waals surface area contributed by atoms with E-state index in [-0.39, 0.29) is 6.04 Å². The van der Waals surface area contributed by atoms with Crippen molar-refractivity contribution in [2.24, 2.45) is 13.0 Å². The topological polar surface area (TPSA) is 34.0 Å². The molecule has 1 atom stereocenters. The van der Waals surface area contributed by atoms with E-state index in [1.165, 1.54) is 0 Å². The molecule has 21 heavy (non-hydrogen) atoms. The molecule has 1 aromatic carbocycles. The number of halogens is 1. The molecule has 0 N–H and O–H groups in total. The maximum Gasteiger partial charge on any atom is 0.146 e. The van der Waals surface area contributed by atoms with Gasteiger partial charge in [-0.05, 0) is 24.5 Å². The normalized spacial score (nSPS) is 13.1. The first-order valence-corrected chi connectivity index (χ1v) is 7.68. The molecule has 1 unspecified atom stereocenters. The second-order valence-corrected chi connectivity index (χ2v) is 6.29. The van der Waals surface area contributed by atoms with Crippen molar-refractivity contribution in [1.29, 1.82) is 0 Å². The molecule has 0 radical (unpaired) electrons. The van der Waals surface area contributed by atoms with Gasteiger partial charge in [-0.15, -0.1) is 10.2 Å². The summed E-state index contributed by atoms with van der Waals surface area (Å²) in [6.07, 6.45) is 1.74. The van der Waals surface area contributed by atoms with E-state index < -0.39 is 0 Å². The van der Waals surface area contributed by atoms with Crippen molar-refractivity contribution in [3.05, 3.63) is 47.0 Å². The van der Waals surface area contributed by atoms with Crippen LogP contribution in [0.15, 0.2) is 30.6 Å². The Kier molecular flexibility index (Phi) is 5.37. The largest absolute Gasteiger partial charge is 0.320 e. The molecule has 2 rings (SSSR count). The van der Waals surface area contributed by atoms with Gasteiger partial charge >= 0.3 is 0 Å². The summed E-state index contributed by atoms with van der Waals surface area (Å²) in [7, 11) is 1.98. The molecule has 1 heterocycles. The van der Waals surface area contributed by atoms with Crippen molar-refractivity contribution in [3.8, 4) is 0 Å². The van der Waals surface area contributed by atoms with Crippen LogP contribution in [0, 0.1) is 5.92 Å². The van der Waals surface area contributed by atoms with E-state index in [1.807, 2.05) is 29.8 Å². The predicted octanol–water partition coefficient (Wildman–Crippen LogP) is 3.69. The molecule has 5 heteroatoms. The molecule has 0 saturated heterocycles. The van der Waals surface area contributed by atoms with Gasteiger partial charge in [0.05, 0.1) is 6.54 Å². The zero-order valence-corrected chi connectivity index (χ0v) is 13.9. The fourth-order valence-electron chi connectivity index (χ4n) is 2.47. The fraction of sp³-hybridized carbons (Fsp3) is 0.500. The Morgan fingerprint density at radius 1 is 1.24 bits per heavy atom. The molecule has 0 bridgehead atoms. The van der Waals surface area contributed by atoms with E-state index in [0.717, 1.165) is 29.5 Å². The predicted molar refractivity (Wildman–Crippen MR) is 86.1 cm³/mol. The van der Waals surface area contributed by atoms with Crippen LogP contribution in [-0.4, -0.2) is 26.2 Å². The average molecular weight is 307 g/mol. The van der Waals surface area contributed by atoms with Gasteiger partial charge in [0.2, 0.25) is 0 Å². The molecule has 0 aliphatic rings. The first kappa shape index (κ1) is 16.0. The summed E-state index contributed by atoms with van der Waals surface area (Å²) in [5, 5.41) is 8.98. The van der Waals surface area contributed by atoms with E-state index in [2.05, 4.69) is 41.9 Å². The summed E-state index contributed by atoms with van der Waals surface area (Å²) in [6.45, 7) is 8.40. The number of hydrogen-bond acceptors (Lipinski definition) is 3. The van der Waals surface area contributed by atoms with E-state index in [9.17, 15) is 0 Å². The van der Waals surface area contributed by atoms with E-state index in [1.54, 1.807) is 6.33 Å². The lowest BCUT2D eigenvalue weighted by molar-refractivity contribution is 0.172. The number of aryl methyl sites for hydroxylation is 1. The van der Waals surface area contributed by atoms with Gasteiger partial charge in [-0.3, -0.25) is 4.90 Å². The van der Waals surface area contributed by atoms with Gasteiger partial charge in [-0.2, -0.15) is 0 Å². The van der Waals surface area contributed by atoms with Crippen LogP contribution >= 0.6 is 11.6 Å². The van der Waals surface area contributed by atoms with Gasteiger partial charge in [0, 0.05) is 24.7 Å². The Morgan fingerprint density at radius 3 is 2.52 bits per heavy atom. The minimum atomic E-state index is 0.234. The summed E-state index contributed by atoms with van der Waals surface area (Å²) in [5.41, 5.74) is 1.15. The van der Waals surface area contributed by atoms with Crippen molar-refractivity contribution in [2.75, 3.05) is 6.54 Å². The zero-order chi connectivity index (χ0) is 15.4. The SMILES string of the molecule is CC(C)CN(Cc1nncn1C)C(C)c1ccccc1Cl. The first-order chi connectivity index (χ1) is 9.99. The summed E-state index contributed by atoms with van der Waals surface area (Å²) in [4.78, 5) is 2.40. The molecule has 4 nitrogen and oxygen atoms in total. The highest BCUT2D eigenvalue weighted by Gasteiger charge is 2.20. The van der Waals surface area contributed by atoms with Crippen molar-refractivity contribution < 1.29 is 0 Å². The molecule has 0 spiro atoms. The lowest BCUT2D eigenvalue weighted by Crippen LogP contribution is -2.31. The lowest BCUT2D eigenvalue weighted by atomic mass is 10.1. The second kappa shape index (κ2) is 7.05. The Hall–Kier alpha value is -1.39. The van der Waals surface area contributed by atoms with Crippen LogP contribution in [0.25, 0.3) is 0 Å². The van der Waals surface area contributed by atoms with Crippen LogP contribution in [0.4, 0.5) is 0 Å². The van der Waals surface area contributed by atoms with Crippen LogP contribution in [0.1, 0.15) is 38.2 Å². The van der Waals surface area contributed by atoms with E-state index in [0.29, 0.717) is 5.92 Å². The maximum atomic E-state index is 6.35. The van der Waals surface area contributed by atoms with Gasteiger partial charge in [0.1, 0.15) is 12.2 Å². The van der Waals surface area contributed by atoms with Crippen molar-refractivity contribution in [3.63, 3.8) is 0 Å². The average Bonchev–Trinajstić information content (AvgIpc) is 2.83. The van der Waals surface area contributed by atoms with E-state index >= 15 is 0 Å². The van der Waals surface area contributed by atoms with Crippen molar-refractivity contribution in [2.45, 2.75) is 33.4 Å². The number of aromatic nitrogens is 3. The molecule has 0 saturated carbocycles. The Balaban J connectivity index is 2.23. The van der Waals surface area contributed by atoms with Gasteiger partial charge < -0.3 is 4.57 Å². The minimum absolute atomic E-state index is 0.234. The summed E-state index contributed by atoms with van der Waals surface area (Å²) >= 11 is 6.35. The van der Waals surface area contributed by atoms with E-state index in [4.69, 9.17) is 11.6 Å². The number of hydrogen-bond donors (Lipinski definition) is 0. The summed E-state index contributed by atoms with van der Waals surface area (Å²) in [5.74, 6) is 1.54. The summed E-state index contributed by atoms with van der Waals surface area (Å²) in [6, 6.07) is 8.28. The Morgan fingerprint density at radius 2 is 1.95 bits per heavy atom. The second-order valence-electron chi connectivity index (χ2n) is 5.88. The summed E-state index contributed by atoms with van der Waals surface area (Å²) < 4.78 is 1.96. The Bertz CT molecular complexity index is 579. The molecule has 0 amide bonds. The first-order valence-electron chi connectivity index (χ1n) is 7.30. The molecule has 114 valence electrons. The van der Waals surface area contributed by atoms with Crippen LogP contribution in [0.2, 0.25) is 5.02 Å².